The topological polar surface area (TPSA) is 104 Å². The minimum atomic E-state index is -0.572. The monoisotopic (exact) mass is 474 g/mol. The summed E-state index contributed by atoms with van der Waals surface area (Å²) in [6.45, 7) is 0. The number of hydrogen-bond donors (Lipinski definition) is 1. The molecule has 3 aromatic carbocycles. The molecular formula is C27H22O8. The van der Waals surface area contributed by atoms with Gasteiger partial charge in [0.1, 0.15) is 28.2 Å². The molecule has 0 bridgehead atoms. The van der Waals surface area contributed by atoms with Crippen molar-refractivity contribution in [3.05, 3.63) is 75.9 Å². The van der Waals surface area contributed by atoms with Crippen LogP contribution in [0.1, 0.15) is 23.5 Å². The van der Waals surface area contributed by atoms with Gasteiger partial charge in [0.15, 0.2) is 16.9 Å². The van der Waals surface area contributed by atoms with E-state index in [1.165, 1.54) is 33.5 Å². The Morgan fingerprint density at radius 3 is 2.23 bits per heavy atom. The highest BCUT2D eigenvalue weighted by Gasteiger charge is 2.34. The molecule has 0 fully saturated rings. The lowest BCUT2D eigenvalue weighted by Crippen LogP contribution is -2.22. The summed E-state index contributed by atoms with van der Waals surface area (Å²) in [7, 11) is 4.51. The molecule has 178 valence electrons. The summed E-state index contributed by atoms with van der Waals surface area (Å²) in [5.74, 6) is 0.300. The number of rotatable bonds is 5. The van der Waals surface area contributed by atoms with Crippen molar-refractivity contribution in [2.75, 3.05) is 21.3 Å². The van der Waals surface area contributed by atoms with Crippen LogP contribution in [0.15, 0.2) is 63.8 Å². The summed E-state index contributed by atoms with van der Waals surface area (Å²) in [6.07, 6.45) is -0.0230. The smallest absolute Gasteiger partial charge is 0.312 e. The highest BCUT2D eigenvalue weighted by atomic mass is 16.5. The van der Waals surface area contributed by atoms with Crippen LogP contribution in [-0.4, -0.2) is 32.4 Å². The van der Waals surface area contributed by atoms with Gasteiger partial charge in [0.2, 0.25) is 5.75 Å². The predicted octanol–water partition coefficient (Wildman–Crippen LogP) is 4.63. The molecule has 1 atom stereocenters. The van der Waals surface area contributed by atoms with E-state index in [0.29, 0.717) is 39.7 Å². The molecule has 35 heavy (non-hydrogen) atoms. The second-order valence-electron chi connectivity index (χ2n) is 8.04. The molecule has 8 heteroatoms. The average Bonchev–Trinajstić information content (AvgIpc) is 2.87. The lowest BCUT2D eigenvalue weighted by molar-refractivity contribution is -0.135. The van der Waals surface area contributed by atoms with E-state index < -0.39 is 17.3 Å². The first kappa shape index (κ1) is 22.3. The minimum absolute atomic E-state index is 0.0128. The molecule has 0 amide bonds. The van der Waals surface area contributed by atoms with Crippen LogP contribution in [0.5, 0.6) is 28.7 Å². The van der Waals surface area contributed by atoms with Crippen LogP contribution in [0.4, 0.5) is 0 Å². The number of phenolic OH excluding ortho intramolecular Hbond substituents is 1. The zero-order valence-electron chi connectivity index (χ0n) is 19.3. The van der Waals surface area contributed by atoms with Gasteiger partial charge in [0.05, 0.1) is 27.8 Å². The number of phenols is 1. The lowest BCUT2D eigenvalue weighted by atomic mass is 9.84. The summed E-state index contributed by atoms with van der Waals surface area (Å²) in [5.41, 5.74) is 1.57. The molecule has 2 heterocycles. The van der Waals surface area contributed by atoms with Crippen molar-refractivity contribution in [1.29, 1.82) is 0 Å². The van der Waals surface area contributed by atoms with Crippen molar-refractivity contribution in [3.8, 4) is 40.1 Å². The van der Waals surface area contributed by atoms with Crippen molar-refractivity contribution in [2.45, 2.75) is 12.3 Å². The van der Waals surface area contributed by atoms with E-state index in [4.69, 9.17) is 23.4 Å². The van der Waals surface area contributed by atoms with Crippen LogP contribution in [0.25, 0.3) is 22.3 Å². The van der Waals surface area contributed by atoms with Crippen LogP contribution in [0.2, 0.25) is 0 Å². The maximum absolute atomic E-state index is 13.1. The summed E-state index contributed by atoms with van der Waals surface area (Å²) in [4.78, 5) is 25.6. The van der Waals surface area contributed by atoms with Crippen LogP contribution >= 0.6 is 0 Å². The molecular weight excluding hydrogens is 452 g/mol. The van der Waals surface area contributed by atoms with Gasteiger partial charge < -0.3 is 28.5 Å². The van der Waals surface area contributed by atoms with Gasteiger partial charge in [-0.25, -0.2) is 0 Å². The molecule has 4 aromatic rings. The molecule has 0 saturated heterocycles. The quantitative estimate of drug-likeness (QED) is 0.330. The second-order valence-corrected chi connectivity index (χ2v) is 8.04. The number of methoxy groups -OCH3 is 3. The van der Waals surface area contributed by atoms with E-state index in [-0.39, 0.29) is 28.9 Å². The average molecular weight is 474 g/mol. The molecule has 0 unspecified atom stereocenters. The Morgan fingerprint density at radius 1 is 0.914 bits per heavy atom. The molecule has 8 nitrogen and oxygen atoms in total. The molecule has 0 saturated carbocycles. The SMILES string of the molecule is COc1cc([C@@H]2CC(=O)Oc3cc(O)c4c(=O)cc(-c5ccccc5)oc4c32)cc(OC)c1OC. The zero-order valence-corrected chi connectivity index (χ0v) is 19.3. The summed E-state index contributed by atoms with van der Waals surface area (Å²) < 4.78 is 28.1. The van der Waals surface area contributed by atoms with E-state index in [1.54, 1.807) is 12.1 Å². The van der Waals surface area contributed by atoms with Gasteiger partial charge in [-0.05, 0) is 17.7 Å². The Balaban J connectivity index is 1.82. The van der Waals surface area contributed by atoms with Crippen LogP contribution < -0.4 is 24.4 Å². The number of aromatic hydroxyl groups is 1. The van der Waals surface area contributed by atoms with Gasteiger partial charge in [0, 0.05) is 29.2 Å². The van der Waals surface area contributed by atoms with Gasteiger partial charge >= 0.3 is 5.97 Å². The fraction of sp³-hybridized carbons (Fsp3) is 0.185. The number of carbonyl (C=O) groups is 1. The summed E-state index contributed by atoms with van der Waals surface area (Å²) >= 11 is 0. The van der Waals surface area contributed by atoms with Crippen molar-refractivity contribution in [2.24, 2.45) is 0 Å². The van der Waals surface area contributed by atoms with Crippen molar-refractivity contribution in [1.82, 2.24) is 0 Å². The van der Waals surface area contributed by atoms with Gasteiger partial charge in [0.25, 0.3) is 0 Å². The third-order valence-corrected chi connectivity index (χ3v) is 6.07. The maximum atomic E-state index is 13.1. The van der Waals surface area contributed by atoms with Crippen LogP contribution in [-0.2, 0) is 4.79 Å². The summed E-state index contributed by atoms with van der Waals surface area (Å²) in [5, 5.41) is 10.7. The molecule has 1 N–H and O–H groups in total. The largest absolute Gasteiger partial charge is 0.507 e. The second kappa shape index (κ2) is 8.72. The Labute approximate surface area is 200 Å². The maximum Gasteiger partial charge on any atom is 0.312 e. The molecule has 1 aliphatic rings. The molecule has 5 rings (SSSR count). The van der Waals surface area contributed by atoms with E-state index in [2.05, 4.69) is 0 Å². The van der Waals surface area contributed by atoms with Crippen LogP contribution in [0, 0.1) is 0 Å². The standard InChI is InChI=1S/C27H22O8/c1-31-21-9-15(10-22(32-2)26(21)33-3)16-11-23(30)34-20-13-18(29)25-17(28)12-19(35-27(25)24(16)20)14-7-5-4-6-8-14/h4-10,12-13,16,29H,11H2,1-3H3/t16-/m0/s1. The van der Waals surface area contributed by atoms with Gasteiger partial charge in [-0.3, -0.25) is 9.59 Å². The Morgan fingerprint density at radius 2 is 1.60 bits per heavy atom. The summed E-state index contributed by atoms with van der Waals surface area (Å²) in [6, 6.07) is 15.3. The highest BCUT2D eigenvalue weighted by molar-refractivity contribution is 5.93. The molecule has 0 aliphatic carbocycles. The number of esters is 1. The normalized spacial score (nSPS) is 14.8. The van der Waals surface area contributed by atoms with E-state index >= 15 is 0 Å². The first-order valence-corrected chi connectivity index (χ1v) is 10.8. The number of hydrogen-bond acceptors (Lipinski definition) is 8. The first-order chi connectivity index (χ1) is 16.9. The van der Waals surface area contributed by atoms with E-state index in [0.717, 1.165) is 0 Å². The number of ether oxygens (including phenoxy) is 4. The molecule has 0 spiro atoms. The first-order valence-electron chi connectivity index (χ1n) is 10.8. The third-order valence-electron chi connectivity index (χ3n) is 6.07. The van der Waals surface area contributed by atoms with E-state index in [9.17, 15) is 14.7 Å². The fourth-order valence-corrected chi connectivity index (χ4v) is 4.49. The molecule has 0 radical (unpaired) electrons. The van der Waals surface area contributed by atoms with Gasteiger partial charge in [-0.15, -0.1) is 0 Å². The number of fused-ring (bicyclic) bond motifs is 3. The number of carbonyl (C=O) groups excluding carboxylic acids is 1. The van der Waals surface area contributed by atoms with E-state index in [1.807, 2.05) is 30.3 Å². The highest BCUT2D eigenvalue weighted by Crippen LogP contribution is 2.49. The third kappa shape index (κ3) is 3.73. The van der Waals surface area contributed by atoms with Gasteiger partial charge in [-0.1, -0.05) is 30.3 Å². The Kier molecular flexibility index (Phi) is 5.56. The van der Waals surface area contributed by atoms with Crippen molar-refractivity contribution < 1.29 is 33.3 Å². The molecule has 1 aliphatic heterocycles. The minimum Gasteiger partial charge on any atom is -0.507 e. The predicted molar refractivity (Wildman–Crippen MR) is 128 cm³/mol. The number of benzene rings is 3. The zero-order chi connectivity index (χ0) is 24.7. The Bertz CT molecular complexity index is 1480. The van der Waals surface area contributed by atoms with Gasteiger partial charge in [-0.2, -0.15) is 0 Å². The molecule has 1 aromatic heterocycles. The van der Waals surface area contributed by atoms with Crippen LogP contribution in [0.3, 0.4) is 0 Å². The lowest BCUT2D eigenvalue weighted by Gasteiger charge is -2.27. The Hall–Kier alpha value is -4.46. The van der Waals surface area contributed by atoms with Crippen molar-refractivity contribution in [3.63, 3.8) is 0 Å². The van der Waals surface area contributed by atoms with Crippen molar-refractivity contribution >= 4 is 16.9 Å². The fourth-order valence-electron chi connectivity index (χ4n) is 4.49.